The molecule has 0 saturated carbocycles. The average molecular weight is 1040 g/mol. The summed E-state index contributed by atoms with van der Waals surface area (Å²) in [7, 11) is -2.86. The SMILES string of the molecule is CCCCCCc1cc(CCCCCC)cc([Si](C2=C(C(C)CC)[C-]=CC2)(c2cc(CCCCCC)cc(CCCCCC)c2)c2cc(CCCCCC)cc(CCCCCC)c2)c1.[Cl-].[Cl-].[Cl-].[Ti+4]. The second kappa shape index (κ2) is 39.5. The number of hydrogen-bond donors (Lipinski definition) is 0. The normalized spacial score (nSPS) is 12.6. The molecular formula is C63H99Cl3SiTi. The number of allylic oxidation sites excluding steroid dienone is 4. The molecule has 0 fully saturated rings. The van der Waals surface area contributed by atoms with Gasteiger partial charge in [0.05, 0.1) is 8.07 Å². The van der Waals surface area contributed by atoms with Crippen LogP contribution >= 0.6 is 0 Å². The molecule has 68 heavy (non-hydrogen) atoms. The van der Waals surface area contributed by atoms with E-state index < -0.39 is 8.07 Å². The van der Waals surface area contributed by atoms with Crippen molar-refractivity contribution >= 4 is 23.6 Å². The van der Waals surface area contributed by atoms with Gasteiger partial charge in [0.1, 0.15) is 0 Å². The molecule has 1 aliphatic rings. The summed E-state index contributed by atoms with van der Waals surface area (Å²) in [6.07, 6.45) is 47.4. The molecule has 3 aromatic carbocycles. The summed E-state index contributed by atoms with van der Waals surface area (Å²) in [5, 5.41) is 6.79. The molecule has 0 saturated heterocycles. The maximum absolute atomic E-state index is 4.04. The van der Waals surface area contributed by atoms with Crippen LogP contribution < -0.4 is 52.8 Å². The van der Waals surface area contributed by atoms with Crippen molar-refractivity contribution in [1.82, 2.24) is 0 Å². The maximum atomic E-state index is 4.04. The molecule has 5 heteroatoms. The Labute approximate surface area is 456 Å². The number of halogens is 3. The number of unbranched alkanes of at least 4 members (excludes halogenated alkanes) is 18. The van der Waals surface area contributed by atoms with Gasteiger partial charge >= 0.3 is 21.7 Å². The van der Waals surface area contributed by atoms with Crippen LogP contribution in [0.25, 0.3) is 0 Å². The van der Waals surface area contributed by atoms with Crippen LogP contribution in [-0.4, -0.2) is 8.07 Å². The van der Waals surface area contributed by atoms with Gasteiger partial charge in [-0.05, 0) is 110 Å². The summed E-state index contributed by atoms with van der Waals surface area (Å²) in [5.41, 5.74) is 11.1. The molecule has 4 rings (SSSR count). The number of benzene rings is 3. The number of rotatable bonds is 36. The van der Waals surface area contributed by atoms with Crippen molar-refractivity contribution in [3.63, 3.8) is 0 Å². The average Bonchev–Trinajstić information content (AvgIpc) is 3.80. The zero-order valence-electron chi connectivity index (χ0n) is 45.1. The van der Waals surface area contributed by atoms with Crippen LogP contribution in [0.4, 0.5) is 0 Å². The van der Waals surface area contributed by atoms with Crippen molar-refractivity contribution in [3.8, 4) is 0 Å². The standard InChI is InChI=1S/C63H99Si.3ClH.Ti/c1-9-16-22-28-35-53-43-54(36-29-23-17-10-2)47-59(46-53)64(63-42-34-41-62(63)52(8)15-7,60-48-55(37-30-24-18-11-3)44-56(49-60)38-31-25-19-12-4)61-50-57(39-32-26-20-13-5)45-58(51-61)40-33-27-21-14-6;;;;/h34,43-52H,9-33,35-40,42H2,1-8H3;3*1H;/q-1;;;;+4/p-3. The fourth-order valence-electron chi connectivity index (χ4n) is 10.8. The molecular weight excluding hydrogens is 939 g/mol. The Kier molecular flexibility index (Phi) is 38.9. The second-order valence-electron chi connectivity index (χ2n) is 20.5. The van der Waals surface area contributed by atoms with E-state index in [1.807, 2.05) is 0 Å². The van der Waals surface area contributed by atoms with E-state index in [4.69, 9.17) is 0 Å². The van der Waals surface area contributed by atoms with Crippen molar-refractivity contribution in [2.24, 2.45) is 5.92 Å². The first-order valence-corrected chi connectivity index (χ1v) is 30.1. The molecule has 0 N–H and O–H groups in total. The largest absolute Gasteiger partial charge is 4.00 e. The van der Waals surface area contributed by atoms with Crippen LogP contribution in [0.15, 0.2) is 71.4 Å². The summed E-state index contributed by atoms with van der Waals surface area (Å²) in [5.74, 6) is 0.489. The van der Waals surface area contributed by atoms with Gasteiger partial charge < -0.3 is 37.2 Å². The van der Waals surface area contributed by atoms with Gasteiger partial charge in [-0.25, -0.2) is 10.8 Å². The Balaban J connectivity index is 0.0000112. The third-order valence-electron chi connectivity index (χ3n) is 14.8. The van der Waals surface area contributed by atoms with Crippen LogP contribution in [0.2, 0.25) is 0 Å². The van der Waals surface area contributed by atoms with E-state index in [-0.39, 0.29) is 58.9 Å². The number of aryl methyl sites for hydroxylation is 6. The quantitative estimate of drug-likeness (QED) is 0.0237. The number of hydrogen-bond acceptors (Lipinski definition) is 0. The van der Waals surface area contributed by atoms with Gasteiger partial charge in [0, 0.05) is 0 Å². The van der Waals surface area contributed by atoms with Crippen molar-refractivity contribution < 1.29 is 58.9 Å². The fourth-order valence-corrected chi connectivity index (χ4v) is 16.4. The van der Waals surface area contributed by atoms with E-state index in [2.05, 4.69) is 122 Å². The third kappa shape index (κ3) is 21.6. The van der Waals surface area contributed by atoms with Crippen LogP contribution in [0.1, 0.15) is 256 Å². The molecule has 0 aromatic heterocycles. The molecule has 0 radical (unpaired) electrons. The van der Waals surface area contributed by atoms with Gasteiger partial charge in [0.15, 0.2) is 0 Å². The van der Waals surface area contributed by atoms with Crippen molar-refractivity contribution in [3.05, 3.63) is 111 Å². The van der Waals surface area contributed by atoms with Crippen LogP contribution in [0, 0.1) is 12.0 Å². The van der Waals surface area contributed by atoms with E-state index in [1.54, 1.807) is 59.7 Å². The predicted molar refractivity (Wildman–Crippen MR) is 290 cm³/mol. The Bertz CT molecular complexity index is 1550. The maximum Gasteiger partial charge on any atom is 4.00 e. The van der Waals surface area contributed by atoms with Gasteiger partial charge in [-0.1, -0.05) is 260 Å². The van der Waals surface area contributed by atoms with Crippen LogP contribution in [-0.2, 0) is 60.2 Å². The summed E-state index contributed by atoms with van der Waals surface area (Å²) < 4.78 is 0. The minimum atomic E-state index is -2.86. The Morgan fingerprint density at radius 1 is 0.382 bits per heavy atom. The molecule has 0 aliphatic heterocycles. The van der Waals surface area contributed by atoms with E-state index in [0.717, 1.165) is 12.8 Å². The molecule has 1 atom stereocenters. The molecule has 1 unspecified atom stereocenters. The molecule has 3 aromatic rings. The first-order chi connectivity index (χ1) is 31.4. The van der Waals surface area contributed by atoms with Gasteiger partial charge in [-0.2, -0.15) is 6.08 Å². The predicted octanol–water partition coefficient (Wildman–Crippen LogP) is 8.55. The smallest absolute Gasteiger partial charge is 1.00 e. The minimum absolute atomic E-state index is 0. The first kappa shape index (κ1) is 66.9. The van der Waals surface area contributed by atoms with Crippen molar-refractivity contribution in [2.45, 2.75) is 261 Å². The molecule has 0 bridgehead atoms. The summed E-state index contributed by atoms with van der Waals surface area (Å²) >= 11 is 0. The van der Waals surface area contributed by atoms with Gasteiger partial charge in [0.2, 0.25) is 0 Å². The molecule has 1 aliphatic carbocycles. The molecule has 0 amide bonds. The minimum Gasteiger partial charge on any atom is -1.00 e. The third-order valence-corrected chi connectivity index (χ3v) is 19.7. The van der Waals surface area contributed by atoms with E-state index in [9.17, 15) is 0 Å². The molecule has 0 nitrogen and oxygen atoms in total. The first-order valence-electron chi connectivity index (χ1n) is 28.1. The van der Waals surface area contributed by atoms with Gasteiger partial charge in [-0.15, -0.1) is 0 Å². The zero-order valence-corrected chi connectivity index (χ0v) is 49.9. The molecule has 0 spiro atoms. The van der Waals surface area contributed by atoms with Gasteiger partial charge in [-0.3, -0.25) is 6.08 Å². The topological polar surface area (TPSA) is 0 Å². The van der Waals surface area contributed by atoms with E-state index in [1.165, 1.54) is 193 Å². The zero-order chi connectivity index (χ0) is 45.8. The Morgan fingerprint density at radius 2 is 0.632 bits per heavy atom. The van der Waals surface area contributed by atoms with Crippen LogP contribution in [0.3, 0.4) is 0 Å². The van der Waals surface area contributed by atoms with E-state index in [0.29, 0.717) is 5.92 Å². The summed E-state index contributed by atoms with van der Waals surface area (Å²) in [6, 6.07) is 24.8. The fraction of sp³-hybridized carbons (Fsp3) is 0.651. The van der Waals surface area contributed by atoms with Crippen molar-refractivity contribution in [2.75, 3.05) is 0 Å². The molecule has 380 valence electrons. The van der Waals surface area contributed by atoms with E-state index >= 15 is 0 Å². The van der Waals surface area contributed by atoms with Crippen LogP contribution in [0.5, 0.6) is 0 Å². The monoisotopic (exact) mass is 1040 g/mol. The Hall–Kier alpha value is -1.06. The Morgan fingerprint density at radius 3 is 0.853 bits per heavy atom. The second-order valence-corrected chi connectivity index (χ2v) is 24.3. The van der Waals surface area contributed by atoms with Gasteiger partial charge in [0.25, 0.3) is 0 Å². The molecule has 0 heterocycles. The summed E-state index contributed by atoms with van der Waals surface area (Å²) in [4.78, 5) is 0. The summed E-state index contributed by atoms with van der Waals surface area (Å²) in [6.45, 7) is 19.1. The van der Waals surface area contributed by atoms with Crippen molar-refractivity contribution in [1.29, 1.82) is 0 Å².